The van der Waals surface area contributed by atoms with Crippen molar-refractivity contribution in [3.8, 4) is 0 Å². The van der Waals surface area contributed by atoms with Gasteiger partial charge in [0.25, 0.3) is 5.91 Å². The Labute approximate surface area is 108 Å². The van der Waals surface area contributed by atoms with E-state index in [-0.39, 0.29) is 5.91 Å². The lowest BCUT2D eigenvalue weighted by atomic mass is 10.1. The van der Waals surface area contributed by atoms with Crippen LogP contribution in [0.3, 0.4) is 0 Å². The molecular weight excluding hydrogens is 226 g/mol. The maximum Gasteiger partial charge on any atom is 0.272 e. The van der Waals surface area contributed by atoms with Gasteiger partial charge in [-0.1, -0.05) is 6.07 Å². The third-order valence-corrected chi connectivity index (χ3v) is 3.59. The normalized spacial score (nSPS) is 19.2. The molecule has 1 unspecified atom stereocenters. The number of rotatable bonds is 4. The molecule has 0 aromatic carbocycles. The van der Waals surface area contributed by atoms with Gasteiger partial charge in [-0.3, -0.25) is 9.78 Å². The van der Waals surface area contributed by atoms with Crippen molar-refractivity contribution in [3.63, 3.8) is 0 Å². The van der Waals surface area contributed by atoms with Crippen LogP contribution in [0.2, 0.25) is 0 Å². The minimum absolute atomic E-state index is 0.0765. The van der Waals surface area contributed by atoms with Crippen LogP contribution in [0.25, 0.3) is 0 Å². The summed E-state index contributed by atoms with van der Waals surface area (Å²) in [6.45, 7) is 3.48. The Hall–Kier alpha value is -1.42. The SMILES string of the molecule is Cc1cccnc1C(=O)N1CCCC1CCCN. The first-order valence-corrected chi connectivity index (χ1v) is 6.66. The van der Waals surface area contributed by atoms with Crippen LogP contribution < -0.4 is 5.73 Å². The minimum atomic E-state index is 0.0765. The quantitative estimate of drug-likeness (QED) is 0.881. The number of hydrogen-bond acceptors (Lipinski definition) is 3. The van der Waals surface area contributed by atoms with Crippen molar-refractivity contribution in [3.05, 3.63) is 29.6 Å². The fourth-order valence-electron chi connectivity index (χ4n) is 2.60. The van der Waals surface area contributed by atoms with E-state index in [1.165, 1.54) is 0 Å². The zero-order chi connectivity index (χ0) is 13.0. The Bertz CT molecular complexity index is 419. The Morgan fingerprint density at radius 1 is 1.61 bits per heavy atom. The molecule has 1 fully saturated rings. The van der Waals surface area contributed by atoms with Crippen LogP contribution in [-0.2, 0) is 0 Å². The van der Waals surface area contributed by atoms with Gasteiger partial charge in [-0.2, -0.15) is 0 Å². The van der Waals surface area contributed by atoms with Gasteiger partial charge in [0.2, 0.25) is 0 Å². The van der Waals surface area contributed by atoms with E-state index in [4.69, 9.17) is 5.73 Å². The summed E-state index contributed by atoms with van der Waals surface area (Å²) in [5.74, 6) is 0.0765. The van der Waals surface area contributed by atoms with E-state index in [0.29, 0.717) is 18.3 Å². The maximum atomic E-state index is 12.5. The summed E-state index contributed by atoms with van der Waals surface area (Å²) in [6, 6.07) is 4.15. The van der Waals surface area contributed by atoms with Crippen LogP contribution in [0.5, 0.6) is 0 Å². The highest BCUT2D eigenvalue weighted by Gasteiger charge is 2.29. The number of amides is 1. The smallest absolute Gasteiger partial charge is 0.272 e. The highest BCUT2D eigenvalue weighted by atomic mass is 16.2. The second kappa shape index (κ2) is 5.96. The summed E-state index contributed by atoms with van der Waals surface area (Å²) in [6.07, 6.45) is 5.86. The lowest BCUT2D eigenvalue weighted by molar-refractivity contribution is 0.0722. The van der Waals surface area contributed by atoms with Crippen LogP contribution in [0.4, 0.5) is 0 Å². The topological polar surface area (TPSA) is 59.2 Å². The molecule has 0 spiro atoms. The van der Waals surface area contributed by atoms with Crippen molar-refractivity contribution in [1.29, 1.82) is 0 Å². The Balaban J connectivity index is 2.10. The molecule has 0 radical (unpaired) electrons. The summed E-state index contributed by atoms with van der Waals surface area (Å²) in [5, 5.41) is 0. The lowest BCUT2D eigenvalue weighted by Gasteiger charge is -2.24. The highest BCUT2D eigenvalue weighted by molar-refractivity contribution is 5.94. The first-order valence-electron chi connectivity index (χ1n) is 6.66. The highest BCUT2D eigenvalue weighted by Crippen LogP contribution is 2.23. The number of aromatic nitrogens is 1. The fraction of sp³-hybridized carbons (Fsp3) is 0.571. The Kier molecular flexibility index (Phi) is 4.31. The first kappa shape index (κ1) is 13.0. The number of carbonyl (C=O) groups is 1. The van der Waals surface area contributed by atoms with E-state index >= 15 is 0 Å². The van der Waals surface area contributed by atoms with Gasteiger partial charge in [0.1, 0.15) is 5.69 Å². The molecule has 1 aliphatic heterocycles. The molecule has 1 aliphatic rings. The largest absolute Gasteiger partial charge is 0.334 e. The number of nitrogens with two attached hydrogens (primary N) is 1. The average Bonchev–Trinajstić information content (AvgIpc) is 2.84. The minimum Gasteiger partial charge on any atom is -0.334 e. The summed E-state index contributed by atoms with van der Waals surface area (Å²) >= 11 is 0. The van der Waals surface area contributed by atoms with Crippen molar-refractivity contribution in [1.82, 2.24) is 9.88 Å². The van der Waals surface area contributed by atoms with Gasteiger partial charge >= 0.3 is 0 Å². The van der Waals surface area contributed by atoms with Crippen molar-refractivity contribution in [2.45, 2.75) is 38.6 Å². The monoisotopic (exact) mass is 247 g/mol. The summed E-state index contributed by atoms with van der Waals surface area (Å²) in [4.78, 5) is 18.7. The van der Waals surface area contributed by atoms with E-state index in [9.17, 15) is 4.79 Å². The van der Waals surface area contributed by atoms with E-state index in [2.05, 4.69) is 4.98 Å². The molecule has 98 valence electrons. The number of hydrogen-bond donors (Lipinski definition) is 1. The van der Waals surface area contributed by atoms with Gasteiger partial charge in [-0.25, -0.2) is 0 Å². The predicted octanol–water partition coefficient (Wildman–Crippen LogP) is 1.73. The van der Waals surface area contributed by atoms with E-state index < -0.39 is 0 Å². The van der Waals surface area contributed by atoms with Crippen molar-refractivity contribution < 1.29 is 4.79 Å². The number of carbonyl (C=O) groups excluding carboxylic acids is 1. The van der Waals surface area contributed by atoms with Crippen LogP contribution in [0, 0.1) is 6.92 Å². The molecule has 4 heteroatoms. The lowest BCUT2D eigenvalue weighted by Crippen LogP contribution is -2.36. The third kappa shape index (κ3) is 2.70. The molecular formula is C14H21N3O. The van der Waals surface area contributed by atoms with Crippen LogP contribution in [0.15, 0.2) is 18.3 Å². The predicted molar refractivity (Wildman–Crippen MR) is 71.3 cm³/mol. The molecule has 18 heavy (non-hydrogen) atoms. The van der Waals surface area contributed by atoms with Crippen molar-refractivity contribution >= 4 is 5.91 Å². The van der Waals surface area contributed by atoms with Gasteiger partial charge in [0, 0.05) is 18.8 Å². The number of nitrogens with zero attached hydrogens (tertiary/aromatic N) is 2. The molecule has 0 aliphatic carbocycles. The van der Waals surface area contributed by atoms with E-state index in [1.807, 2.05) is 24.0 Å². The second-order valence-corrected chi connectivity index (χ2v) is 4.89. The van der Waals surface area contributed by atoms with Crippen LogP contribution in [0.1, 0.15) is 41.7 Å². The van der Waals surface area contributed by atoms with Gasteiger partial charge in [0.15, 0.2) is 0 Å². The third-order valence-electron chi connectivity index (χ3n) is 3.59. The molecule has 0 saturated carbocycles. The molecule has 1 atom stereocenters. The molecule has 0 bridgehead atoms. The van der Waals surface area contributed by atoms with Gasteiger partial charge in [0.05, 0.1) is 0 Å². The molecule has 1 saturated heterocycles. The standard InChI is InChI=1S/C14H21N3O/c1-11-5-3-9-16-13(11)14(18)17-10-4-7-12(17)6-2-8-15/h3,5,9,12H,2,4,6-8,10,15H2,1H3. The Morgan fingerprint density at radius 3 is 3.17 bits per heavy atom. The first-order chi connectivity index (χ1) is 8.74. The van der Waals surface area contributed by atoms with Crippen LogP contribution in [-0.4, -0.2) is 34.9 Å². The van der Waals surface area contributed by atoms with E-state index in [0.717, 1.165) is 37.8 Å². The van der Waals surface area contributed by atoms with Crippen molar-refractivity contribution in [2.24, 2.45) is 5.73 Å². The summed E-state index contributed by atoms with van der Waals surface area (Å²) < 4.78 is 0. The van der Waals surface area contributed by atoms with Crippen LogP contribution >= 0.6 is 0 Å². The molecule has 1 aromatic rings. The summed E-state index contributed by atoms with van der Waals surface area (Å²) in [7, 11) is 0. The molecule has 2 N–H and O–H groups in total. The maximum absolute atomic E-state index is 12.5. The van der Waals surface area contributed by atoms with Gasteiger partial charge < -0.3 is 10.6 Å². The Morgan fingerprint density at radius 2 is 2.44 bits per heavy atom. The molecule has 4 nitrogen and oxygen atoms in total. The molecule has 1 aromatic heterocycles. The van der Waals surface area contributed by atoms with E-state index in [1.54, 1.807) is 6.20 Å². The van der Waals surface area contributed by atoms with Gasteiger partial charge in [-0.05, 0) is 50.8 Å². The molecule has 1 amide bonds. The van der Waals surface area contributed by atoms with Gasteiger partial charge in [-0.15, -0.1) is 0 Å². The zero-order valence-corrected chi connectivity index (χ0v) is 10.9. The van der Waals surface area contributed by atoms with Crippen molar-refractivity contribution in [2.75, 3.05) is 13.1 Å². The second-order valence-electron chi connectivity index (χ2n) is 4.89. The average molecular weight is 247 g/mol. The number of aryl methyl sites for hydroxylation is 1. The number of pyridine rings is 1. The summed E-state index contributed by atoms with van der Waals surface area (Å²) in [5.41, 5.74) is 7.09. The number of likely N-dealkylation sites (tertiary alicyclic amines) is 1. The fourth-order valence-corrected chi connectivity index (χ4v) is 2.60. The zero-order valence-electron chi connectivity index (χ0n) is 10.9. The molecule has 2 rings (SSSR count). The molecule has 2 heterocycles.